The molecule has 1 aromatic carbocycles. The Balaban J connectivity index is 2.49. The monoisotopic (exact) mass is 437 g/mol. The van der Waals surface area contributed by atoms with E-state index >= 15 is 0 Å². The zero-order chi connectivity index (χ0) is 23.7. The average molecular weight is 438 g/mol. The summed E-state index contributed by atoms with van der Waals surface area (Å²) in [6.07, 6.45) is 10.4. The molecular weight excluding hydrogens is 398 g/mol. The molecular formula is C27H39N3O2. The van der Waals surface area contributed by atoms with E-state index in [0.717, 1.165) is 54.8 Å². The normalized spacial score (nSPS) is 13.7. The number of nitrogens with zero attached hydrogens (tertiary/aromatic N) is 2. The predicted molar refractivity (Wildman–Crippen MR) is 138 cm³/mol. The minimum Gasteiger partial charge on any atom is -0.497 e. The number of ether oxygens (including phenoxy) is 2. The Morgan fingerprint density at radius 2 is 2.03 bits per heavy atom. The third-order valence-electron chi connectivity index (χ3n) is 5.67. The molecule has 1 unspecified atom stereocenters. The zero-order valence-corrected chi connectivity index (χ0v) is 20.6. The van der Waals surface area contributed by atoms with Crippen molar-refractivity contribution in [3.8, 4) is 5.75 Å². The number of aliphatic imine (C=N–C) groups is 1. The lowest BCUT2D eigenvalue weighted by molar-refractivity contribution is 0.395. The fourth-order valence-electron chi connectivity index (χ4n) is 3.79. The number of aryl methyl sites for hydroxylation is 1. The Morgan fingerprint density at radius 3 is 2.62 bits per heavy atom. The summed E-state index contributed by atoms with van der Waals surface area (Å²) in [6, 6.07) is 6.49. The van der Waals surface area contributed by atoms with Crippen molar-refractivity contribution in [2.75, 3.05) is 14.2 Å². The van der Waals surface area contributed by atoms with Crippen LogP contribution in [0.3, 0.4) is 0 Å². The molecule has 1 atom stereocenters. The van der Waals surface area contributed by atoms with E-state index < -0.39 is 0 Å². The molecule has 2 rings (SSSR count). The number of rotatable bonds is 11. The molecule has 1 heterocycles. The first kappa shape index (κ1) is 25.3. The van der Waals surface area contributed by atoms with Crippen LogP contribution in [-0.4, -0.2) is 24.8 Å². The van der Waals surface area contributed by atoms with E-state index in [2.05, 4.69) is 74.2 Å². The lowest BCUT2D eigenvalue weighted by Gasteiger charge is -2.12. The fraction of sp³-hybridized carbons (Fsp3) is 0.444. The molecule has 0 radical (unpaired) electrons. The number of benzene rings is 1. The van der Waals surface area contributed by atoms with Gasteiger partial charge >= 0.3 is 0 Å². The van der Waals surface area contributed by atoms with Gasteiger partial charge in [0.25, 0.3) is 6.02 Å². The van der Waals surface area contributed by atoms with Crippen LogP contribution in [0, 0.1) is 5.92 Å². The van der Waals surface area contributed by atoms with Gasteiger partial charge in [-0.05, 0) is 49.8 Å². The summed E-state index contributed by atoms with van der Waals surface area (Å²) in [5.41, 5.74) is 11.3. The van der Waals surface area contributed by atoms with Crippen molar-refractivity contribution in [2.45, 2.75) is 59.9 Å². The van der Waals surface area contributed by atoms with Gasteiger partial charge in [0.05, 0.1) is 25.4 Å². The van der Waals surface area contributed by atoms with Crippen molar-refractivity contribution in [1.82, 2.24) is 4.57 Å². The van der Waals surface area contributed by atoms with Gasteiger partial charge in [0.2, 0.25) is 0 Å². The van der Waals surface area contributed by atoms with Gasteiger partial charge in [-0.25, -0.2) is 4.99 Å². The molecule has 5 heteroatoms. The van der Waals surface area contributed by atoms with Crippen molar-refractivity contribution < 1.29 is 9.47 Å². The summed E-state index contributed by atoms with van der Waals surface area (Å²) in [7, 11) is 3.24. The van der Waals surface area contributed by atoms with Crippen molar-refractivity contribution in [2.24, 2.45) is 16.6 Å². The van der Waals surface area contributed by atoms with Crippen LogP contribution < -0.4 is 10.5 Å². The van der Waals surface area contributed by atoms with Gasteiger partial charge in [0.1, 0.15) is 5.75 Å². The quantitative estimate of drug-likeness (QED) is 0.311. The standard InChI is InChI=1S/C27H39N3O2/c1-8-11-21(29-27(28)32-7)12-10-17-30-25-18-22(31-6)14-16-23(25)24(26(30)19(3)4)15-13-20(5)9-2/h11,13-16,18,20H,3,8-10,12,17H2,1-2,4-7H3,(H2,28,29)/b15-13-,21-11+. The van der Waals surface area contributed by atoms with Crippen molar-refractivity contribution >= 4 is 28.6 Å². The molecule has 2 N–H and O–H groups in total. The molecule has 0 saturated heterocycles. The Hall–Kier alpha value is -2.95. The Labute approximate surface area is 193 Å². The number of fused-ring (bicyclic) bond motifs is 1. The highest BCUT2D eigenvalue weighted by Gasteiger charge is 2.17. The van der Waals surface area contributed by atoms with Crippen LogP contribution in [0.4, 0.5) is 0 Å². The topological polar surface area (TPSA) is 61.8 Å². The van der Waals surface area contributed by atoms with Crippen molar-refractivity contribution in [3.05, 3.63) is 53.9 Å². The number of amidine groups is 1. The first-order valence-corrected chi connectivity index (χ1v) is 11.5. The van der Waals surface area contributed by atoms with Crippen LogP contribution >= 0.6 is 0 Å². The highest BCUT2D eigenvalue weighted by Crippen LogP contribution is 2.34. The fourth-order valence-corrected chi connectivity index (χ4v) is 3.79. The summed E-state index contributed by atoms with van der Waals surface area (Å²) >= 11 is 0. The van der Waals surface area contributed by atoms with Crippen LogP contribution in [0.2, 0.25) is 0 Å². The maximum absolute atomic E-state index is 5.78. The smallest absolute Gasteiger partial charge is 0.286 e. The number of allylic oxidation sites excluding steroid dienone is 4. The van der Waals surface area contributed by atoms with E-state index in [0.29, 0.717) is 5.92 Å². The highest BCUT2D eigenvalue weighted by atomic mass is 16.5. The van der Waals surface area contributed by atoms with E-state index in [1.807, 2.05) is 6.07 Å². The van der Waals surface area contributed by atoms with Crippen molar-refractivity contribution in [1.29, 1.82) is 0 Å². The maximum Gasteiger partial charge on any atom is 0.286 e. The third-order valence-corrected chi connectivity index (χ3v) is 5.67. The van der Waals surface area contributed by atoms with E-state index in [1.54, 1.807) is 7.11 Å². The lowest BCUT2D eigenvalue weighted by Crippen LogP contribution is -2.13. The largest absolute Gasteiger partial charge is 0.497 e. The van der Waals surface area contributed by atoms with Gasteiger partial charge in [0, 0.05) is 29.3 Å². The molecule has 0 amide bonds. The second-order valence-corrected chi connectivity index (χ2v) is 8.18. The van der Waals surface area contributed by atoms with Crippen LogP contribution in [0.5, 0.6) is 5.75 Å². The molecule has 0 saturated carbocycles. The number of hydrogen-bond donors (Lipinski definition) is 1. The van der Waals surface area contributed by atoms with Gasteiger partial charge in [-0.1, -0.05) is 52.0 Å². The molecule has 1 aromatic heterocycles. The first-order valence-electron chi connectivity index (χ1n) is 11.5. The average Bonchev–Trinajstić information content (AvgIpc) is 3.10. The summed E-state index contributed by atoms with van der Waals surface area (Å²) < 4.78 is 12.9. The van der Waals surface area contributed by atoms with Gasteiger partial charge in [-0.3, -0.25) is 0 Å². The lowest BCUT2D eigenvalue weighted by atomic mass is 10.0. The van der Waals surface area contributed by atoms with Crippen LogP contribution in [0.15, 0.2) is 47.6 Å². The molecule has 0 fully saturated rings. The first-order chi connectivity index (χ1) is 15.4. The van der Waals surface area contributed by atoms with E-state index in [-0.39, 0.29) is 6.02 Å². The van der Waals surface area contributed by atoms with Gasteiger partial charge < -0.3 is 19.8 Å². The molecule has 32 heavy (non-hydrogen) atoms. The Morgan fingerprint density at radius 1 is 1.28 bits per heavy atom. The predicted octanol–water partition coefficient (Wildman–Crippen LogP) is 6.78. The van der Waals surface area contributed by atoms with Crippen molar-refractivity contribution in [3.63, 3.8) is 0 Å². The molecule has 0 aliphatic heterocycles. The van der Waals surface area contributed by atoms with Crippen LogP contribution in [0.25, 0.3) is 22.6 Å². The van der Waals surface area contributed by atoms with E-state index in [9.17, 15) is 0 Å². The highest BCUT2D eigenvalue weighted by molar-refractivity contribution is 5.96. The Kier molecular flexibility index (Phi) is 9.63. The molecule has 0 bridgehead atoms. The molecule has 0 aliphatic rings. The molecule has 0 aliphatic carbocycles. The van der Waals surface area contributed by atoms with Gasteiger partial charge in [0.15, 0.2) is 0 Å². The SMILES string of the molecule is C=C(C)c1c(/C=C\C(C)CC)c2ccc(OC)cc2n1CCC/C(=C\CC)N=C(N)OC. The summed E-state index contributed by atoms with van der Waals surface area (Å²) in [5.74, 6) is 1.38. The summed E-state index contributed by atoms with van der Waals surface area (Å²) in [4.78, 5) is 4.40. The van der Waals surface area contributed by atoms with Gasteiger partial charge in [-0.2, -0.15) is 0 Å². The number of hydrogen-bond acceptors (Lipinski definition) is 3. The van der Waals surface area contributed by atoms with Gasteiger partial charge in [-0.15, -0.1) is 0 Å². The van der Waals surface area contributed by atoms with E-state index in [4.69, 9.17) is 15.2 Å². The Bertz CT molecular complexity index is 1010. The number of nitrogens with two attached hydrogens (primary N) is 1. The zero-order valence-electron chi connectivity index (χ0n) is 20.6. The maximum atomic E-state index is 5.78. The molecule has 174 valence electrons. The second kappa shape index (κ2) is 12.2. The second-order valence-electron chi connectivity index (χ2n) is 8.18. The molecule has 5 nitrogen and oxygen atoms in total. The molecule has 2 aromatic rings. The van der Waals surface area contributed by atoms with Crippen LogP contribution in [0.1, 0.15) is 64.6 Å². The molecule has 0 spiro atoms. The minimum absolute atomic E-state index is 0.195. The summed E-state index contributed by atoms with van der Waals surface area (Å²) in [5, 5.41) is 1.22. The van der Waals surface area contributed by atoms with E-state index in [1.165, 1.54) is 23.8 Å². The third kappa shape index (κ3) is 6.28. The van der Waals surface area contributed by atoms with Crippen LogP contribution in [-0.2, 0) is 11.3 Å². The number of methoxy groups -OCH3 is 2. The minimum atomic E-state index is 0.195. The number of aromatic nitrogens is 1. The summed E-state index contributed by atoms with van der Waals surface area (Å²) in [6.45, 7) is 13.8.